The summed E-state index contributed by atoms with van der Waals surface area (Å²) in [6, 6.07) is 16.1. The Morgan fingerprint density at radius 2 is 1.90 bits per heavy atom. The maximum absolute atomic E-state index is 11.8. The van der Waals surface area contributed by atoms with E-state index in [-0.39, 0.29) is 5.91 Å². The van der Waals surface area contributed by atoms with Gasteiger partial charge in [-0.25, -0.2) is 0 Å². The van der Waals surface area contributed by atoms with E-state index in [1.54, 1.807) is 37.5 Å². The Morgan fingerprint density at radius 1 is 1.19 bits per heavy atom. The summed E-state index contributed by atoms with van der Waals surface area (Å²) < 4.78 is 5.21. The first-order chi connectivity index (χ1) is 10.2. The van der Waals surface area contributed by atoms with Crippen LogP contribution < -0.4 is 10.1 Å². The SMILES string of the molecule is COc1ccccc1/C=C/C(=O)Nc1ccc(C#N)cc1. The van der Waals surface area contributed by atoms with Crippen LogP contribution in [-0.4, -0.2) is 13.0 Å². The molecule has 0 spiro atoms. The molecule has 0 fully saturated rings. The van der Waals surface area contributed by atoms with Gasteiger partial charge in [0.2, 0.25) is 5.91 Å². The zero-order valence-corrected chi connectivity index (χ0v) is 11.5. The molecular formula is C17H14N2O2. The molecule has 2 aromatic carbocycles. The number of nitriles is 1. The van der Waals surface area contributed by atoms with Crippen LogP contribution in [0.25, 0.3) is 6.08 Å². The number of hydrogen-bond acceptors (Lipinski definition) is 3. The molecule has 0 aliphatic carbocycles. The molecule has 104 valence electrons. The second-order valence-electron chi connectivity index (χ2n) is 4.25. The molecule has 0 atom stereocenters. The van der Waals surface area contributed by atoms with Crippen LogP contribution in [0.4, 0.5) is 5.69 Å². The normalized spacial score (nSPS) is 10.1. The molecule has 4 nitrogen and oxygen atoms in total. The molecule has 4 heteroatoms. The molecule has 0 aromatic heterocycles. The highest BCUT2D eigenvalue weighted by Gasteiger charge is 2.00. The quantitative estimate of drug-likeness (QED) is 0.873. The van der Waals surface area contributed by atoms with Gasteiger partial charge < -0.3 is 10.1 Å². The predicted molar refractivity (Wildman–Crippen MR) is 81.8 cm³/mol. The highest BCUT2D eigenvalue weighted by atomic mass is 16.5. The molecule has 0 aliphatic heterocycles. The Balaban J connectivity index is 2.04. The third-order valence-corrected chi connectivity index (χ3v) is 2.83. The van der Waals surface area contributed by atoms with Gasteiger partial charge in [0.15, 0.2) is 0 Å². The van der Waals surface area contributed by atoms with Gasteiger partial charge >= 0.3 is 0 Å². The zero-order valence-electron chi connectivity index (χ0n) is 11.5. The van der Waals surface area contributed by atoms with Gasteiger partial charge in [0.1, 0.15) is 5.75 Å². The molecule has 2 aromatic rings. The Bertz CT molecular complexity index is 697. The molecule has 21 heavy (non-hydrogen) atoms. The fraction of sp³-hybridized carbons (Fsp3) is 0.0588. The van der Waals surface area contributed by atoms with Gasteiger partial charge in [0.05, 0.1) is 18.7 Å². The Hall–Kier alpha value is -3.06. The van der Waals surface area contributed by atoms with Crippen LogP contribution in [0.2, 0.25) is 0 Å². The van der Waals surface area contributed by atoms with Crippen molar-refractivity contribution in [3.05, 3.63) is 65.7 Å². The Kier molecular flexibility index (Phi) is 4.73. The molecule has 0 aliphatic rings. The number of anilines is 1. The molecule has 0 saturated carbocycles. The number of nitrogens with zero attached hydrogens (tertiary/aromatic N) is 1. The van der Waals surface area contributed by atoms with Crippen LogP contribution in [-0.2, 0) is 4.79 Å². The minimum absolute atomic E-state index is 0.245. The topological polar surface area (TPSA) is 62.1 Å². The molecular weight excluding hydrogens is 264 g/mol. The number of nitrogens with one attached hydrogen (secondary N) is 1. The van der Waals surface area contributed by atoms with Crippen molar-refractivity contribution in [3.8, 4) is 11.8 Å². The van der Waals surface area contributed by atoms with Gasteiger partial charge in [-0.2, -0.15) is 5.26 Å². The zero-order chi connectivity index (χ0) is 15.1. The standard InChI is InChI=1S/C17H14N2O2/c1-21-16-5-3-2-4-14(16)8-11-17(20)19-15-9-6-13(12-18)7-10-15/h2-11H,1H3,(H,19,20)/b11-8+. The lowest BCUT2D eigenvalue weighted by Crippen LogP contribution is -2.07. The van der Waals surface area contributed by atoms with E-state index in [1.165, 1.54) is 6.08 Å². The molecule has 1 amide bonds. The molecule has 2 rings (SSSR count). The van der Waals surface area contributed by atoms with Crippen LogP contribution >= 0.6 is 0 Å². The van der Waals surface area contributed by atoms with Crippen LogP contribution in [0.15, 0.2) is 54.6 Å². The summed E-state index contributed by atoms with van der Waals surface area (Å²) in [7, 11) is 1.59. The van der Waals surface area contributed by atoms with Crippen LogP contribution in [0, 0.1) is 11.3 Å². The number of benzene rings is 2. The van der Waals surface area contributed by atoms with Crippen molar-refractivity contribution in [2.45, 2.75) is 0 Å². The van der Waals surface area contributed by atoms with E-state index in [0.717, 1.165) is 5.56 Å². The van der Waals surface area contributed by atoms with Crippen molar-refractivity contribution in [2.75, 3.05) is 12.4 Å². The summed E-state index contributed by atoms with van der Waals surface area (Å²) in [6.07, 6.45) is 3.13. The van der Waals surface area contributed by atoms with E-state index < -0.39 is 0 Å². The van der Waals surface area contributed by atoms with Crippen molar-refractivity contribution in [3.63, 3.8) is 0 Å². The van der Waals surface area contributed by atoms with E-state index in [1.807, 2.05) is 30.3 Å². The van der Waals surface area contributed by atoms with Crippen molar-refractivity contribution in [2.24, 2.45) is 0 Å². The van der Waals surface area contributed by atoms with Gasteiger partial charge in [-0.1, -0.05) is 18.2 Å². The predicted octanol–water partition coefficient (Wildman–Crippen LogP) is 3.22. The van der Waals surface area contributed by atoms with Crippen LogP contribution in [0.3, 0.4) is 0 Å². The number of methoxy groups -OCH3 is 1. The monoisotopic (exact) mass is 278 g/mol. The third-order valence-electron chi connectivity index (χ3n) is 2.83. The van der Waals surface area contributed by atoms with Crippen molar-refractivity contribution < 1.29 is 9.53 Å². The van der Waals surface area contributed by atoms with Gasteiger partial charge in [0, 0.05) is 17.3 Å². The van der Waals surface area contributed by atoms with E-state index in [2.05, 4.69) is 5.32 Å². The van der Waals surface area contributed by atoms with E-state index in [9.17, 15) is 4.79 Å². The number of carbonyl (C=O) groups excluding carboxylic acids is 1. The molecule has 0 radical (unpaired) electrons. The lowest BCUT2D eigenvalue weighted by atomic mass is 10.2. The lowest BCUT2D eigenvalue weighted by molar-refractivity contribution is -0.111. The first kappa shape index (κ1) is 14.4. The van der Waals surface area contributed by atoms with E-state index in [4.69, 9.17) is 10.00 Å². The van der Waals surface area contributed by atoms with Crippen molar-refractivity contribution >= 4 is 17.7 Å². The summed E-state index contributed by atoms with van der Waals surface area (Å²) in [5.74, 6) is 0.463. The minimum atomic E-state index is -0.245. The van der Waals surface area contributed by atoms with Gasteiger partial charge in [-0.05, 0) is 36.4 Å². The van der Waals surface area contributed by atoms with Crippen molar-refractivity contribution in [1.82, 2.24) is 0 Å². The smallest absolute Gasteiger partial charge is 0.248 e. The summed E-state index contributed by atoms with van der Waals surface area (Å²) >= 11 is 0. The molecule has 0 heterocycles. The molecule has 0 saturated heterocycles. The summed E-state index contributed by atoms with van der Waals surface area (Å²) in [5, 5.41) is 11.4. The highest BCUT2D eigenvalue weighted by Crippen LogP contribution is 2.18. The summed E-state index contributed by atoms with van der Waals surface area (Å²) in [5.41, 5.74) is 2.02. The average Bonchev–Trinajstić information content (AvgIpc) is 2.54. The van der Waals surface area contributed by atoms with Crippen molar-refractivity contribution in [1.29, 1.82) is 5.26 Å². The highest BCUT2D eigenvalue weighted by molar-refractivity contribution is 6.02. The van der Waals surface area contributed by atoms with Gasteiger partial charge in [0.25, 0.3) is 0 Å². The van der Waals surface area contributed by atoms with Gasteiger partial charge in [-0.3, -0.25) is 4.79 Å². The first-order valence-electron chi connectivity index (χ1n) is 6.35. The lowest BCUT2D eigenvalue weighted by Gasteiger charge is -2.04. The number of rotatable bonds is 4. The number of amides is 1. The maximum Gasteiger partial charge on any atom is 0.248 e. The Labute approximate surface area is 123 Å². The van der Waals surface area contributed by atoms with E-state index >= 15 is 0 Å². The molecule has 1 N–H and O–H groups in total. The average molecular weight is 278 g/mol. The molecule has 0 bridgehead atoms. The summed E-state index contributed by atoms with van der Waals surface area (Å²) in [6.45, 7) is 0. The fourth-order valence-electron chi connectivity index (χ4n) is 1.78. The first-order valence-corrected chi connectivity index (χ1v) is 6.35. The summed E-state index contributed by atoms with van der Waals surface area (Å²) in [4.78, 5) is 11.8. The van der Waals surface area contributed by atoms with E-state index in [0.29, 0.717) is 17.0 Å². The largest absolute Gasteiger partial charge is 0.496 e. The minimum Gasteiger partial charge on any atom is -0.496 e. The van der Waals surface area contributed by atoms with Gasteiger partial charge in [-0.15, -0.1) is 0 Å². The molecule has 0 unspecified atom stereocenters. The maximum atomic E-state index is 11.8. The second-order valence-corrected chi connectivity index (χ2v) is 4.25. The number of hydrogen-bond donors (Lipinski definition) is 1. The second kappa shape index (κ2) is 6.92. The Morgan fingerprint density at radius 3 is 2.57 bits per heavy atom. The van der Waals surface area contributed by atoms with Crippen LogP contribution in [0.5, 0.6) is 5.75 Å². The number of carbonyl (C=O) groups is 1. The van der Waals surface area contributed by atoms with Crippen LogP contribution in [0.1, 0.15) is 11.1 Å². The fourth-order valence-corrected chi connectivity index (χ4v) is 1.78. The third kappa shape index (κ3) is 3.95. The number of para-hydroxylation sites is 1. The number of ether oxygens (including phenoxy) is 1.